The molecule has 0 aromatic heterocycles. The highest BCUT2D eigenvalue weighted by Crippen LogP contribution is 2.33. The van der Waals surface area contributed by atoms with Crippen molar-refractivity contribution in [3.05, 3.63) is 34.1 Å². The molecule has 0 bridgehead atoms. The maximum atomic E-state index is 13.7. The van der Waals surface area contributed by atoms with Crippen LogP contribution in [-0.2, 0) is 11.2 Å². The van der Waals surface area contributed by atoms with Crippen molar-refractivity contribution in [3.63, 3.8) is 0 Å². The molecule has 1 aliphatic carbocycles. The van der Waals surface area contributed by atoms with E-state index in [-0.39, 0.29) is 17.8 Å². The fourth-order valence-electron chi connectivity index (χ4n) is 3.70. The Bertz CT molecular complexity index is 537. The Morgan fingerprint density at radius 1 is 1.36 bits per heavy atom. The van der Waals surface area contributed by atoms with Crippen molar-refractivity contribution >= 4 is 21.8 Å². The van der Waals surface area contributed by atoms with Crippen molar-refractivity contribution in [1.82, 2.24) is 10.6 Å². The van der Waals surface area contributed by atoms with E-state index in [4.69, 9.17) is 0 Å². The SMILES string of the molecule is O=C(NCCc1cc(Br)ccc1F)C1CC2CCCCC2N1. The molecule has 1 aromatic rings. The van der Waals surface area contributed by atoms with Crippen LogP contribution in [0, 0.1) is 11.7 Å². The highest BCUT2D eigenvalue weighted by molar-refractivity contribution is 9.10. The molecule has 3 rings (SSSR count). The lowest BCUT2D eigenvalue weighted by Crippen LogP contribution is -2.43. The van der Waals surface area contributed by atoms with Crippen molar-refractivity contribution < 1.29 is 9.18 Å². The average Bonchev–Trinajstić information content (AvgIpc) is 2.94. The van der Waals surface area contributed by atoms with Gasteiger partial charge in [0.05, 0.1) is 6.04 Å². The predicted octanol–water partition coefficient (Wildman–Crippen LogP) is 3.17. The second-order valence-electron chi connectivity index (χ2n) is 6.38. The van der Waals surface area contributed by atoms with Crippen LogP contribution in [-0.4, -0.2) is 24.5 Å². The van der Waals surface area contributed by atoms with Gasteiger partial charge in [0.15, 0.2) is 0 Å². The van der Waals surface area contributed by atoms with Gasteiger partial charge in [-0.15, -0.1) is 0 Å². The van der Waals surface area contributed by atoms with E-state index in [1.54, 1.807) is 12.1 Å². The third-order valence-electron chi connectivity index (χ3n) is 4.88. The Morgan fingerprint density at radius 2 is 2.18 bits per heavy atom. The number of rotatable bonds is 4. The molecule has 120 valence electrons. The summed E-state index contributed by atoms with van der Waals surface area (Å²) >= 11 is 3.34. The predicted molar refractivity (Wildman–Crippen MR) is 88.1 cm³/mol. The van der Waals surface area contributed by atoms with Gasteiger partial charge in [-0.05, 0) is 55.4 Å². The van der Waals surface area contributed by atoms with Crippen LogP contribution in [0.15, 0.2) is 22.7 Å². The number of carbonyl (C=O) groups excluding carboxylic acids is 1. The van der Waals surface area contributed by atoms with E-state index in [9.17, 15) is 9.18 Å². The van der Waals surface area contributed by atoms with E-state index in [1.165, 1.54) is 31.7 Å². The van der Waals surface area contributed by atoms with Crippen LogP contribution in [0.1, 0.15) is 37.7 Å². The summed E-state index contributed by atoms with van der Waals surface area (Å²) in [6.07, 6.45) is 6.45. The molecule has 2 fully saturated rings. The van der Waals surface area contributed by atoms with Crippen molar-refractivity contribution in [2.45, 2.75) is 50.6 Å². The minimum absolute atomic E-state index is 0.0600. The van der Waals surface area contributed by atoms with Gasteiger partial charge in [0, 0.05) is 17.1 Å². The number of benzene rings is 1. The van der Waals surface area contributed by atoms with Crippen molar-refractivity contribution in [2.75, 3.05) is 6.54 Å². The molecule has 22 heavy (non-hydrogen) atoms. The van der Waals surface area contributed by atoms with Gasteiger partial charge in [-0.25, -0.2) is 4.39 Å². The molecular weight excluding hydrogens is 347 g/mol. The highest BCUT2D eigenvalue weighted by Gasteiger charge is 2.37. The van der Waals surface area contributed by atoms with Gasteiger partial charge in [-0.2, -0.15) is 0 Å². The lowest BCUT2D eigenvalue weighted by molar-refractivity contribution is -0.122. The molecule has 1 aromatic carbocycles. The molecule has 0 spiro atoms. The minimum atomic E-state index is -0.220. The second kappa shape index (κ2) is 7.09. The number of fused-ring (bicyclic) bond motifs is 1. The molecule has 2 aliphatic rings. The Labute approximate surface area is 139 Å². The summed E-state index contributed by atoms with van der Waals surface area (Å²) in [6, 6.07) is 5.35. The number of halogens is 2. The molecule has 0 radical (unpaired) electrons. The quantitative estimate of drug-likeness (QED) is 0.856. The average molecular weight is 369 g/mol. The van der Waals surface area contributed by atoms with Gasteiger partial charge in [0.1, 0.15) is 5.82 Å². The van der Waals surface area contributed by atoms with E-state index in [0.717, 1.165) is 10.9 Å². The van der Waals surface area contributed by atoms with Gasteiger partial charge < -0.3 is 10.6 Å². The number of amides is 1. The largest absolute Gasteiger partial charge is 0.354 e. The normalized spacial score (nSPS) is 27.5. The Hall–Kier alpha value is -0.940. The lowest BCUT2D eigenvalue weighted by Gasteiger charge is -2.24. The third-order valence-corrected chi connectivity index (χ3v) is 5.37. The van der Waals surface area contributed by atoms with Crippen molar-refractivity contribution in [3.8, 4) is 0 Å². The summed E-state index contributed by atoms with van der Waals surface area (Å²) in [5.74, 6) is 0.499. The zero-order valence-corrected chi connectivity index (χ0v) is 14.2. The van der Waals surface area contributed by atoms with E-state index >= 15 is 0 Å². The number of nitrogens with one attached hydrogen (secondary N) is 2. The fraction of sp³-hybridized carbons (Fsp3) is 0.588. The van der Waals surface area contributed by atoms with E-state index in [2.05, 4.69) is 26.6 Å². The highest BCUT2D eigenvalue weighted by atomic mass is 79.9. The Balaban J connectivity index is 1.47. The van der Waals surface area contributed by atoms with Crippen LogP contribution in [0.3, 0.4) is 0 Å². The first kappa shape index (κ1) is 15.9. The Kier molecular flexibility index (Phi) is 5.14. The van der Waals surface area contributed by atoms with E-state index < -0.39 is 0 Å². The van der Waals surface area contributed by atoms with Crippen LogP contribution >= 0.6 is 15.9 Å². The first-order valence-electron chi connectivity index (χ1n) is 8.11. The van der Waals surface area contributed by atoms with Crippen LogP contribution in [0.2, 0.25) is 0 Å². The molecule has 3 nitrogen and oxygen atoms in total. The van der Waals surface area contributed by atoms with Crippen LogP contribution in [0.4, 0.5) is 4.39 Å². The molecule has 2 N–H and O–H groups in total. The van der Waals surface area contributed by atoms with Crippen LogP contribution in [0.25, 0.3) is 0 Å². The molecule has 3 unspecified atom stereocenters. The van der Waals surface area contributed by atoms with Crippen LogP contribution < -0.4 is 10.6 Å². The fourth-order valence-corrected chi connectivity index (χ4v) is 4.11. The molecule has 1 heterocycles. The van der Waals surface area contributed by atoms with Gasteiger partial charge in [-0.1, -0.05) is 28.8 Å². The minimum Gasteiger partial charge on any atom is -0.354 e. The van der Waals surface area contributed by atoms with E-state index in [1.807, 2.05) is 0 Å². The maximum Gasteiger partial charge on any atom is 0.237 e. The molecule has 1 saturated heterocycles. The zero-order chi connectivity index (χ0) is 15.5. The van der Waals surface area contributed by atoms with Gasteiger partial charge >= 0.3 is 0 Å². The molecular formula is C17H22BrFN2O. The molecule has 3 atom stereocenters. The van der Waals surface area contributed by atoms with E-state index in [0.29, 0.717) is 30.5 Å². The van der Waals surface area contributed by atoms with Crippen molar-refractivity contribution in [1.29, 1.82) is 0 Å². The standard InChI is InChI=1S/C17H22BrFN2O/c18-13-5-6-14(19)11(9-13)7-8-20-17(22)16-10-12-3-1-2-4-15(12)21-16/h5-6,9,12,15-16,21H,1-4,7-8,10H2,(H,20,22). The Morgan fingerprint density at radius 3 is 3.00 bits per heavy atom. The summed E-state index contributed by atoms with van der Waals surface area (Å²) in [4.78, 5) is 12.3. The molecule has 1 saturated carbocycles. The third kappa shape index (κ3) is 3.69. The number of hydrogen-bond acceptors (Lipinski definition) is 2. The van der Waals surface area contributed by atoms with Crippen molar-refractivity contribution in [2.24, 2.45) is 5.92 Å². The molecule has 1 aliphatic heterocycles. The van der Waals surface area contributed by atoms with Crippen LogP contribution in [0.5, 0.6) is 0 Å². The van der Waals surface area contributed by atoms with Gasteiger partial charge in [-0.3, -0.25) is 4.79 Å². The topological polar surface area (TPSA) is 41.1 Å². The molecule has 1 amide bonds. The zero-order valence-electron chi connectivity index (χ0n) is 12.6. The number of carbonyl (C=O) groups is 1. The maximum absolute atomic E-state index is 13.7. The summed E-state index contributed by atoms with van der Waals surface area (Å²) < 4.78 is 14.5. The van der Waals surface area contributed by atoms with Gasteiger partial charge in [0.25, 0.3) is 0 Å². The van der Waals surface area contributed by atoms with Gasteiger partial charge in [0.2, 0.25) is 5.91 Å². The first-order valence-corrected chi connectivity index (χ1v) is 8.90. The number of hydrogen-bond donors (Lipinski definition) is 2. The molecule has 5 heteroatoms. The monoisotopic (exact) mass is 368 g/mol. The summed E-state index contributed by atoms with van der Waals surface area (Å²) in [7, 11) is 0. The lowest BCUT2D eigenvalue weighted by atomic mass is 9.85. The smallest absolute Gasteiger partial charge is 0.237 e. The summed E-state index contributed by atoms with van der Waals surface area (Å²) in [5, 5.41) is 6.41. The second-order valence-corrected chi connectivity index (χ2v) is 7.30. The first-order chi connectivity index (χ1) is 10.6. The summed E-state index contributed by atoms with van der Waals surface area (Å²) in [5.41, 5.74) is 0.628. The summed E-state index contributed by atoms with van der Waals surface area (Å²) in [6.45, 7) is 0.472.